The first-order valence-electron chi connectivity index (χ1n) is 9.32. The first-order valence-corrected chi connectivity index (χ1v) is 11.2. The number of carbonyl (C=O) groups excluding carboxylic acids is 1. The fourth-order valence-corrected chi connectivity index (χ4v) is 4.47. The molecule has 2 N–H and O–H groups in total. The molecule has 0 aliphatic carbocycles. The molecule has 0 fully saturated rings. The van der Waals surface area contributed by atoms with E-state index >= 15 is 0 Å². The van der Waals surface area contributed by atoms with Crippen LogP contribution in [0, 0.1) is 6.92 Å². The van der Waals surface area contributed by atoms with Crippen LogP contribution in [0.15, 0.2) is 70.5 Å². The summed E-state index contributed by atoms with van der Waals surface area (Å²) in [5, 5.41) is 2.73. The van der Waals surface area contributed by atoms with E-state index in [1.165, 1.54) is 30.3 Å². The van der Waals surface area contributed by atoms with Gasteiger partial charge in [0.2, 0.25) is 5.91 Å². The van der Waals surface area contributed by atoms with Crippen molar-refractivity contribution >= 4 is 38.9 Å². The normalized spacial score (nSPS) is 11.8. The maximum absolute atomic E-state index is 12.9. The molecule has 0 unspecified atom stereocenters. The van der Waals surface area contributed by atoms with Crippen LogP contribution in [0.1, 0.15) is 11.1 Å². The first-order chi connectivity index (χ1) is 15.4. The molecule has 7 nitrogen and oxygen atoms in total. The Balaban J connectivity index is 1.81. The van der Waals surface area contributed by atoms with Crippen LogP contribution in [0.2, 0.25) is 5.02 Å². The lowest BCUT2D eigenvalue weighted by Crippen LogP contribution is -2.32. The van der Waals surface area contributed by atoms with Gasteiger partial charge in [-0.3, -0.25) is 14.3 Å². The predicted octanol–water partition coefficient (Wildman–Crippen LogP) is 4.27. The molecule has 174 valence electrons. The van der Waals surface area contributed by atoms with E-state index in [0.29, 0.717) is 21.2 Å². The zero-order valence-electron chi connectivity index (χ0n) is 17.0. The number of amides is 1. The van der Waals surface area contributed by atoms with E-state index in [9.17, 15) is 31.2 Å². The van der Waals surface area contributed by atoms with Crippen molar-refractivity contribution in [1.29, 1.82) is 0 Å². The second-order valence-electron chi connectivity index (χ2n) is 7.00. The Hall–Kier alpha value is -3.31. The van der Waals surface area contributed by atoms with Crippen LogP contribution in [0.3, 0.4) is 0 Å². The minimum atomic E-state index is -4.85. The van der Waals surface area contributed by atoms with Crippen LogP contribution < -0.4 is 15.6 Å². The van der Waals surface area contributed by atoms with Crippen molar-refractivity contribution in [3.8, 4) is 0 Å². The molecule has 0 radical (unpaired) electrons. The third-order valence-corrected chi connectivity index (χ3v) is 6.24. The van der Waals surface area contributed by atoms with Crippen molar-refractivity contribution in [2.24, 2.45) is 0 Å². The van der Waals surface area contributed by atoms with Gasteiger partial charge in [-0.25, -0.2) is 8.42 Å². The number of carbonyl (C=O) groups is 1. The van der Waals surface area contributed by atoms with E-state index < -0.39 is 39.8 Å². The number of alkyl halides is 3. The molecule has 0 aliphatic heterocycles. The molecule has 33 heavy (non-hydrogen) atoms. The quantitative estimate of drug-likeness (QED) is 0.529. The van der Waals surface area contributed by atoms with Gasteiger partial charge in [0, 0.05) is 16.9 Å². The summed E-state index contributed by atoms with van der Waals surface area (Å²) in [5.41, 5.74) is -2.05. The maximum Gasteiger partial charge on any atom is 0.421 e. The molecule has 12 heteroatoms. The Bertz CT molecular complexity index is 1370. The van der Waals surface area contributed by atoms with Crippen molar-refractivity contribution in [1.82, 2.24) is 4.57 Å². The summed E-state index contributed by atoms with van der Waals surface area (Å²) in [6, 6.07) is 11.8. The van der Waals surface area contributed by atoms with Crippen LogP contribution in [0.4, 0.5) is 24.5 Å². The lowest BCUT2D eigenvalue weighted by atomic mass is 10.2. The molecule has 0 atom stereocenters. The highest BCUT2D eigenvalue weighted by Crippen LogP contribution is 2.26. The van der Waals surface area contributed by atoms with Crippen LogP contribution in [0.25, 0.3) is 0 Å². The molecule has 1 aromatic heterocycles. The van der Waals surface area contributed by atoms with Gasteiger partial charge < -0.3 is 9.88 Å². The Morgan fingerprint density at radius 3 is 2.45 bits per heavy atom. The van der Waals surface area contributed by atoms with Crippen molar-refractivity contribution in [2.45, 2.75) is 24.5 Å². The van der Waals surface area contributed by atoms with E-state index in [1.807, 2.05) is 0 Å². The Labute approximate surface area is 191 Å². The third-order valence-electron chi connectivity index (χ3n) is 4.48. The first kappa shape index (κ1) is 24.3. The standard InChI is InChI=1S/C21H17ClF3N3O4S/c1-13-7-8-15(11-18(13)33(31,32)27-16-5-2-4-14(22)10-16)26-19(29)12-28-9-3-6-17(20(28)30)21(23,24)25/h2-11,27H,12H2,1H3,(H,26,29). The summed E-state index contributed by atoms with van der Waals surface area (Å²) in [4.78, 5) is 24.2. The average molecular weight is 500 g/mol. The summed E-state index contributed by atoms with van der Waals surface area (Å²) < 4.78 is 67.3. The minimum Gasteiger partial charge on any atom is -0.324 e. The smallest absolute Gasteiger partial charge is 0.324 e. The topological polar surface area (TPSA) is 97.3 Å². The lowest BCUT2D eigenvalue weighted by molar-refractivity contribution is -0.139. The van der Waals surface area contributed by atoms with Gasteiger partial charge in [0.15, 0.2) is 0 Å². The van der Waals surface area contributed by atoms with E-state index in [2.05, 4.69) is 10.0 Å². The number of halogens is 4. The fraction of sp³-hybridized carbons (Fsp3) is 0.143. The van der Waals surface area contributed by atoms with Crippen LogP contribution >= 0.6 is 11.6 Å². The number of rotatable bonds is 6. The van der Waals surface area contributed by atoms with E-state index in [4.69, 9.17) is 11.6 Å². The molecule has 3 rings (SSSR count). The number of nitrogens with zero attached hydrogens (tertiary/aromatic N) is 1. The number of benzene rings is 2. The number of pyridine rings is 1. The molecule has 2 aromatic carbocycles. The van der Waals surface area contributed by atoms with Crippen molar-refractivity contribution < 1.29 is 26.4 Å². The highest BCUT2D eigenvalue weighted by molar-refractivity contribution is 7.92. The molecular formula is C21H17ClF3N3O4S. The molecule has 0 bridgehead atoms. The maximum atomic E-state index is 12.9. The van der Waals surface area contributed by atoms with Gasteiger partial charge in [-0.2, -0.15) is 13.2 Å². The van der Waals surface area contributed by atoms with Gasteiger partial charge in [-0.1, -0.05) is 23.7 Å². The second kappa shape index (κ2) is 9.28. The number of sulfonamides is 1. The zero-order valence-corrected chi connectivity index (χ0v) is 18.6. The lowest BCUT2D eigenvalue weighted by Gasteiger charge is -2.14. The monoisotopic (exact) mass is 499 g/mol. The number of hydrogen-bond acceptors (Lipinski definition) is 4. The van der Waals surface area contributed by atoms with Crippen molar-refractivity contribution in [2.75, 3.05) is 10.0 Å². The summed E-state index contributed by atoms with van der Waals surface area (Å²) >= 11 is 5.88. The highest BCUT2D eigenvalue weighted by atomic mass is 35.5. The van der Waals surface area contributed by atoms with Gasteiger partial charge in [-0.15, -0.1) is 0 Å². The van der Waals surface area contributed by atoms with Crippen LogP contribution in [-0.4, -0.2) is 18.9 Å². The summed E-state index contributed by atoms with van der Waals surface area (Å²) in [5.74, 6) is -0.813. The van der Waals surface area contributed by atoms with E-state index in [-0.39, 0.29) is 16.3 Å². The molecule has 0 spiro atoms. The SMILES string of the molecule is Cc1ccc(NC(=O)Cn2cccc(C(F)(F)F)c2=O)cc1S(=O)(=O)Nc1cccc(Cl)c1. The predicted molar refractivity (Wildman–Crippen MR) is 118 cm³/mol. The van der Waals surface area contributed by atoms with Gasteiger partial charge in [-0.05, 0) is 55.0 Å². The van der Waals surface area contributed by atoms with Crippen LogP contribution in [-0.2, 0) is 27.5 Å². The third kappa shape index (κ3) is 5.93. The highest BCUT2D eigenvalue weighted by Gasteiger charge is 2.34. The largest absolute Gasteiger partial charge is 0.421 e. The Morgan fingerprint density at radius 2 is 1.79 bits per heavy atom. The number of aromatic nitrogens is 1. The molecule has 1 heterocycles. The summed E-state index contributed by atoms with van der Waals surface area (Å²) in [6.07, 6.45) is -3.80. The molecule has 3 aromatic rings. The summed E-state index contributed by atoms with van der Waals surface area (Å²) in [7, 11) is -4.05. The van der Waals surface area contributed by atoms with E-state index in [0.717, 1.165) is 12.3 Å². The van der Waals surface area contributed by atoms with Gasteiger partial charge in [0.25, 0.3) is 15.6 Å². The minimum absolute atomic E-state index is 0.0806. The molecular weight excluding hydrogens is 483 g/mol. The Kier molecular flexibility index (Phi) is 6.84. The van der Waals surface area contributed by atoms with Gasteiger partial charge in [0.05, 0.1) is 10.6 Å². The Morgan fingerprint density at radius 1 is 1.06 bits per heavy atom. The molecule has 0 aliphatic rings. The number of hydrogen-bond donors (Lipinski definition) is 2. The number of aryl methyl sites for hydroxylation is 1. The molecule has 0 saturated carbocycles. The molecule has 0 saturated heterocycles. The van der Waals surface area contributed by atoms with Crippen molar-refractivity contribution in [3.63, 3.8) is 0 Å². The fourth-order valence-electron chi connectivity index (χ4n) is 2.96. The van der Waals surface area contributed by atoms with Crippen LogP contribution in [0.5, 0.6) is 0 Å². The van der Waals surface area contributed by atoms with E-state index in [1.54, 1.807) is 19.1 Å². The van der Waals surface area contributed by atoms with Crippen molar-refractivity contribution in [3.05, 3.63) is 87.3 Å². The zero-order chi connectivity index (χ0) is 24.4. The summed E-state index contributed by atoms with van der Waals surface area (Å²) in [6.45, 7) is 0.861. The number of nitrogens with one attached hydrogen (secondary N) is 2. The second-order valence-corrected chi connectivity index (χ2v) is 9.08. The average Bonchev–Trinajstić information content (AvgIpc) is 2.69. The van der Waals surface area contributed by atoms with Gasteiger partial charge in [0.1, 0.15) is 12.1 Å². The van der Waals surface area contributed by atoms with Gasteiger partial charge >= 0.3 is 6.18 Å². The number of anilines is 2. The molecule has 1 amide bonds.